The van der Waals surface area contributed by atoms with Gasteiger partial charge >= 0.3 is 0 Å². The number of hydrogen-bond donors (Lipinski definition) is 0. The minimum atomic E-state index is 0.677. The monoisotopic (exact) mass is 627 g/mol. The van der Waals surface area contributed by atoms with Gasteiger partial charge in [0.05, 0.1) is 27.8 Å². The molecule has 230 valence electrons. The second-order valence-corrected chi connectivity index (χ2v) is 12.3. The fraction of sp³-hybridized carbons (Fsp3) is 0. The van der Waals surface area contributed by atoms with E-state index in [1.165, 1.54) is 27.2 Å². The molecule has 0 fully saturated rings. The number of hydrogen-bond acceptors (Lipinski definition) is 2. The largest absolute Gasteiger partial charge is 0.309 e. The second kappa shape index (κ2) is 10.9. The van der Waals surface area contributed by atoms with E-state index < -0.39 is 0 Å². The summed E-state index contributed by atoms with van der Waals surface area (Å²) in [5.41, 5.74) is 9.72. The van der Waals surface area contributed by atoms with E-state index in [0.29, 0.717) is 5.82 Å². The SMILES string of the molecule is c1ccc(-c2nc(-c3cccc4c5ccccc5n(-c5cccc(-n6c7ccccc7c7ccccc76)c5)c34)nn2-c2ccccc2)cc1. The van der Waals surface area contributed by atoms with Gasteiger partial charge in [-0.25, -0.2) is 9.67 Å². The average molecular weight is 628 g/mol. The predicted octanol–water partition coefficient (Wildman–Crippen LogP) is 10.8. The molecule has 7 aromatic carbocycles. The summed E-state index contributed by atoms with van der Waals surface area (Å²) in [4.78, 5) is 5.24. The Morgan fingerprint density at radius 2 is 0.878 bits per heavy atom. The Balaban J connectivity index is 1.24. The summed E-state index contributed by atoms with van der Waals surface area (Å²) < 4.78 is 6.71. The third-order valence-electron chi connectivity index (χ3n) is 9.50. The Morgan fingerprint density at radius 3 is 1.55 bits per heavy atom. The number of para-hydroxylation sites is 5. The fourth-order valence-corrected chi connectivity index (χ4v) is 7.39. The van der Waals surface area contributed by atoms with Crippen LogP contribution in [0.4, 0.5) is 0 Å². The summed E-state index contributed by atoms with van der Waals surface area (Å²) in [6.07, 6.45) is 0. The highest BCUT2D eigenvalue weighted by Crippen LogP contribution is 2.39. The molecule has 0 radical (unpaired) electrons. The maximum atomic E-state index is 5.24. The van der Waals surface area contributed by atoms with Crippen LogP contribution in [0.5, 0.6) is 0 Å². The molecule has 0 unspecified atom stereocenters. The first-order chi connectivity index (χ1) is 24.3. The van der Waals surface area contributed by atoms with E-state index in [4.69, 9.17) is 10.1 Å². The lowest BCUT2D eigenvalue weighted by Gasteiger charge is -2.13. The van der Waals surface area contributed by atoms with Crippen molar-refractivity contribution in [1.82, 2.24) is 23.9 Å². The van der Waals surface area contributed by atoms with Crippen molar-refractivity contribution in [2.24, 2.45) is 0 Å². The summed E-state index contributed by atoms with van der Waals surface area (Å²) in [7, 11) is 0. The molecular formula is C44H29N5. The predicted molar refractivity (Wildman–Crippen MR) is 201 cm³/mol. The van der Waals surface area contributed by atoms with Gasteiger partial charge in [-0.15, -0.1) is 5.10 Å². The van der Waals surface area contributed by atoms with Crippen LogP contribution >= 0.6 is 0 Å². The summed E-state index contributed by atoms with van der Waals surface area (Å²) in [6.45, 7) is 0. The van der Waals surface area contributed by atoms with E-state index >= 15 is 0 Å². The zero-order valence-corrected chi connectivity index (χ0v) is 26.5. The highest BCUT2D eigenvalue weighted by Gasteiger charge is 2.22. The van der Waals surface area contributed by atoms with Crippen LogP contribution in [0.1, 0.15) is 0 Å². The number of aromatic nitrogens is 5. The van der Waals surface area contributed by atoms with Crippen LogP contribution in [0, 0.1) is 0 Å². The van der Waals surface area contributed by atoms with Crippen molar-refractivity contribution < 1.29 is 0 Å². The van der Waals surface area contributed by atoms with Gasteiger partial charge in [0, 0.05) is 44.0 Å². The Bertz CT molecular complexity index is 2710. The van der Waals surface area contributed by atoms with E-state index in [1.807, 2.05) is 41.1 Å². The molecule has 0 N–H and O–H groups in total. The molecule has 0 spiro atoms. The van der Waals surface area contributed by atoms with Crippen LogP contribution in [0.2, 0.25) is 0 Å². The molecule has 0 aliphatic heterocycles. The van der Waals surface area contributed by atoms with E-state index in [0.717, 1.165) is 50.4 Å². The number of rotatable bonds is 5. The topological polar surface area (TPSA) is 40.6 Å². The average Bonchev–Trinajstić information content (AvgIpc) is 3.87. The van der Waals surface area contributed by atoms with Gasteiger partial charge in [-0.2, -0.15) is 0 Å². The Morgan fingerprint density at radius 1 is 0.388 bits per heavy atom. The summed E-state index contributed by atoms with van der Waals surface area (Å²) in [6, 6.07) is 61.8. The van der Waals surface area contributed by atoms with Crippen LogP contribution in [0.3, 0.4) is 0 Å². The smallest absolute Gasteiger partial charge is 0.184 e. The molecule has 5 nitrogen and oxygen atoms in total. The lowest BCUT2D eigenvalue weighted by molar-refractivity contribution is 0.890. The number of fused-ring (bicyclic) bond motifs is 6. The van der Waals surface area contributed by atoms with Gasteiger partial charge in [0.15, 0.2) is 11.6 Å². The van der Waals surface area contributed by atoms with E-state index in [-0.39, 0.29) is 0 Å². The zero-order valence-electron chi connectivity index (χ0n) is 26.5. The molecular weight excluding hydrogens is 599 g/mol. The van der Waals surface area contributed by atoms with Crippen LogP contribution < -0.4 is 0 Å². The summed E-state index contributed by atoms with van der Waals surface area (Å²) in [5.74, 6) is 1.48. The highest BCUT2D eigenvalue weighted by molar-refractivity contribution is 6.13. The molecule has 0 aliphatic rings. The molecule has 3 aromatic heterocycles. The van der Waals surface area contributed by atoms with Crippen molar-refractivity contribution in [3.8, 4) is 39.8 Å². The Hall–Kier alpha value is -6.72. The molecule has 0 aliphatic carbocycles. The van der Waals surface area contributed by atoms with E-state index in [9.17, 15) is 0 Å². The van der Waals surface area contributed by atoms with Gasteiger partial charge in [0.2, 0.25) is 0 Å². The zero-order chi connectivity index (χ0) is 32.3. The highest BCUT2D eigenvalue weighted by atomic mass is 15.4. The lowest BCUT2D eigenvalue weighted by atomic mass is 10.1. The van der Waals surface area contributed by atoms with Gasteiger partial charge in [-0.3, -0.25) is 0 Å². The third-order valence-corrected chi connectivity index (χ3v) is 9.50. The van der Waals surface area contributed by atoms with Gasteiger partial charge < -0.3 is 9.13 Å². The van der Waals surface area contributed by atoms with Crippen molar-refractivity contribution >= 4 is 43.6 Å². The Labute approximate surface area is 282 Å². The van der Waals surface area contributed by atoms with E-state index in [1.54, 1.807) is 0 Å². The molecule has 0 amide bonds. The third kappa shape index (κ3) is 4.26. The fourth-order valence-electron chi connectivity index (χ4n) is 7.39. The first kappa shape index (κ1) is 27.4. The summed E-state index contributed by atoms with van der Waals surface area (Å²) >= 11 is 0. The molecule has 0 saturated heterocycles. The first-order valence-electron chi connectivity index (χ1n) is 16.5. The van der Waals surface area contributed by atoms with Crippen LogP contribution in [0.15, 0.2) is 176 Å². The number of nitrogens with zero attached hydrogens (tertiary/aromatic N) is 5. The molecule has 5 heteroatoms. The maximum absolute atomic E-state index is 5.24. The molecule has 0 saturated carbocycles. The second-order valence-electron chi connectivity index (χ2n) is 12.3. The lowest BCUT2D eigenvalue weighted by Crippen LogP contribution is -2.00. The van der Waals surface area contributed by atoms with Crippen LogP contribution in [-0.2, 0) is 0 Å². The first-order valence-corrected chi connectivity index (χ1v) is 16.5. The maximum Gasteiger partial charge on any atom is 0.184 e. The number of benzene rings is 7. The normalized spacial score (nSPS) is 11.7. The molecule has 0 bridgehead atoms. The van der Waals surface area contributed by atoms with Gasteiger partial charge in [-0.1, -0.05) is 121 Å². The van der Waals surface area contributed by atoms with Crippen molar-refractivity contribution in [2.45, 2.75) is 0 Å². The minimum absolute atomic E-state index is 0.677. The molecule has 10 rings (SSSR count). The quantitative estimate of drug-likeness (QED) is 0.190. The van der Waals surface area contributed by atoms with Gasteiger partial charge in [0.1, 0.15) is 0 Å². The molecule has 3 heterocycles. The van der Waals surface area contributed by atoms with Crippen molar-refractivity contribution in [3.05, 3.63) is 176 Å². The Kier molecular flexibility index (Phi) is 6.11. The van der Waals surface area contributed by atoms with Crippen molar-refractivity contribution in [2.75, 3.05) is 0 Å². The standard InChI is InChI=1S/C44H29N5/c1-3-15-30(16-4-1)44-45-43(46-49(44)31-17-5-2-6-18-31)38-25-14-24-37-36-23-9-12-28-41(36)48(42(37)38)33-20-13-19-32(29-33)47-39-26-10-7-21-34(39)35-22-8-11-27-40(35)47/h1-29H. The molecule has 0 atom stereocenters. The van der Waals surface area contributed by atoms with Crippen LogP contribution in [-0.4, -0.2) is 23.9 Å². The van der Waals surface area contributed by atoms with E-state index in [2.05, 4.69) is 149 Å². The minimum Gasteiger partial charge on any atom is -0.309 e. The molecule has 49 heavy (non-hydrogen) atoms. The molecule has 10 aromatic rings. The van der Waals surface area contributed by atoms with Crippen molar-refractivity contribution in [1.29, 1.82) is 0 Å². The van der Waals surface area contributed by atoms with Crippen LogP contribution in [0.25, 0.3) is 83.4 Å². The van der Waals surface area contributed by atoms with Gasteiger partial charge in [0.25, 0.3) is 0 Å². The van der Waals surface area contributed by atoms with Crippen molar-refractivity contribution in [3.63, 3.8) is 0 Å². The summed E-state index contributed by atoms with van der Waals surface area (Å²) in [5, 5.41) is 10.0. The van der Waals surface area contributed by atoms with Gasteiger partial charge in [-0.05, 0) is 54.6 Å².